The summed E-state index contributed by atoms with van der Waals surface area (Å²) in [5.74, 6) is 0.813. The van der Waals surface area contributed by atoms with Gasteiger partial charge in [-0.1, -0.05) is 32.5 Å². The molecule has 0 aliphatic rings. The van der Waals surface area contributed by atoms with Crippen LogP contribution in [0.25, 0.3) is 11.4 Å². The predicted molar refractivity (Wildman–Crippen MR) is 132 cm³/mol. The van der Waals surface area contributed by atoms with Crippen molar-refractivity contribution in [2.45, 2.75) is 58.7 Å². The largest absolute Gasteiger partial charge is 0.465 e. The third kappa shape index (κ3) is 5.24. The van der Waals surface area contributed by atoms with Crippen LogP contribution in [0, 0.1) is 13.8 Å². The molecule has 1 N–H and O–H groups in total. The predicted octanol–water partition coefficient (Wildman–Crippen LogP) is 5.74. The average molecular weight is 493 g/mol. The maximum atomic E-state index is 12.7. The van der Waals surface area contributed by atoms with Crippen molar-refractivity contribution in [2.75, 3.05) is 18.2 Å². The number of carbonyl (C=O) groups is 2. The Morgan fingerprint density at radius 1 is 1.28 bits per heavy atom. The number of aryl methyl sites for hydroxylation is 1. The van der Waals surface area contributed by atoms with Gasteiger partial charge in [0, 0.05) is 27.2 Å². The highest BCUT2D eigenvalue weighted by Gasteiger charge is 2.22. The number of rotatable bonds is 9. The number of anilines is 1. The number of thiophene rings is 2. The Labute approximate surface area is 200 Å². The molecule has 0 saturated heterocycles. The van der Waals surface area contributed by atoms with Crippen molar-refractivity contribution < 1.29 is 14.3 Å². The van der Waals surface area contributed by atoms with Crippen LogP contribution < -0.4 is 5.32 Å². The van der Waals surface area contributed by atoms with E-state index >= 15 is 0 Å². The summed E-state index contributed by atoms with van der Waals surface area (Å²) in [7, 11) is 1.34. The molecule has 7 nitrogen and oxygen atoms in total. The average Bonchev–Trinajstić information content (AvgIpc) is 3.45. The minimum absolute atomic E-state index is 0.166. The summed E-state index contributed by atoms with van der Waals surface area (Å²) in [5.41, 5.74) is 2.31. The Bertz CT molecular complexity index is 1110. The van der Waals surface area contributed by atoms with Crippen molar-refractivity contribution in [1.82, 2.24) is 14.8 Å². The Morgan fingerprint density at radius 2 is 2.03 bits per heavy atom. The van der Waals surface area contributed by atoms with Crippen LogP contribution >= 0.6 is 34.4 Å². The number of esters is 1. The van der Waals surface area contributed by atoms with Crippen LogP contribution in [0.3, 0.4) is 0 Å². The molecule has 0 spiro atoms. The third-order valence-electron chi connectivity index (χ3n) is 4.97. The zero-order valence-corrected chi connectivity index (χ0v) is 21.6. The zero-order chi connectivity index (χ0) is 23.4. The summed E-state index contributed by atoms with van der Waals surface area (Å²) in [6.45, 7) is 11.0. The summed E-state index contributed by atoms with van der Waals surface area (Å²) in [6, 6.07) is 2.17. The smallest absolute Gasteiger partial charge is 0.341 e. The fourth-order valence-corrected chi connectivity index (χ4v) is 5.90. The van der Waals surface area contributed by atoms with E-state index in [1.54, 1.807) is 11.3 Å². The topological polar surface area (TPSA) is 86.1 Å². The SMILES string of the molecule is CCCn1c(SCC(=O)Nc2sc(C)c(C)c2C(=O)OC)nnc1-c1csc(C(C)C)c1. The number of aromatic nitrogens is 3. The standard InChI is InChI=1S/C22H28N4O3S3/c1-7-8-26-19(15-9-16(12(2)3)30-10-15)24-25-22(26)31-11-17(27)23-20-18(21(28)29-6)13(4)14(5)32-20/h9-10,12H,7-8,11H2,1-6H3,(H,23,27). The Morgan fingerprint density at radius 3 is 2.66 bits per heavy atom. The van der Waals surface area contributed by atoms with Crippen LogP contribution in [0.2, 0.25) is 0 Å². The van der Waals surface area contributed by atoms with Crippen molar-refractivity contribution in [1.29, 1.82) is 0 Å². The first-order valence-corrected chi connectivity index (χ1v) is 13.1. The first-order valence-electron chi connectivity index (χ1n) is 10.4. The van der Waals surface area contributed by atoms with Crippen molar-refractivity contribution in [2.24, 2.45) is 0 Å². The molecule has 172 valence electrons. The summed E-state index contributed by atoms with van der Waals surface area (Å²) < 4.78 is 6.95. The molecular weight excluding hydrogens is 464 g/mol. The molecule has 3 aromatic heterocycles. The number of nitrogens with one attached hydrogen (secondary N) is 1. The van der Waals surface area contributed by atoms with Crippen LogP contribution in [0.1, 0.15) is 58.8 Å². The Kier molecular flexibility index (Phi) is 8.13. The highest BCUT2D eigenvalue weighted by Crippen LogP contribution is 2.34. The molecule has 32 heavy (non-hydrogen) atoms. The molecule has 3 aromatic rings. The van der Waals surface area contributed by atoms with Gasteiger partial charge in [0.05, 0.1) is 18.4 Å². The van der Waals surface area contributed by atoms with Gasteiger partial charge in [0.15, 0.2) is 11.0 Å². The van der Waals surface area contributed by atoms with Gasteiger partial charge in [0.2, 0.25) is 5.91 Å². The van der Waals surface area contributed by atoms with Crippen molar-refractivity contribution in [3.63, 3.8) is 0 Å². The van der Waals surface area contributed by atoms with Gasteiger partial charge >= 0.3 is 5.97 Å². The van der Waals surface area contributed by atoms with E-state index in [1.165, 1.54) is 35.1 Å². The minimum Gasteiger partial charge on any atom is -0.465 e. The first-order chi connectivity index (χ1) is 15.3. The monoisotopic (exact) mass is 492 g/mol. The highest BCUT2D eigenvalue weighted by atomic mass is 32.2. The Balaban J connectivity index is 1.74. The zero-order valence-electron chi connectivity index (χ0n) is 19.1. The number of hydrogen-bond donors (Lipinski definition) is 1. The lowest BCUT2D eigenvalue weighted by atomic mass is 10.1. The van der Waals surface area contributed by atoms with E-state index in [0.717, 1.165) is 34.8 Å². The molecule has 10 heteroatoms. The quantitative estimate of drug-likeness (QED) is 0.303. The summed E-state index contributed by atoms with van der Waals surface area (Å²) in [5, 5.41) is 15.0. The van der Waals surface area contributed by atoms with E-state index in [2.05, 4.69) is 52.3 Å². The van der Waals surface area contributed by atoms with E-state index in [0.29, 0.717) is 21.6 Å². The Hall–Kier alpha value is -2.17. The second kappa shape index (κ2) is 10.6. The second-order valence-corrected chi connectivity index (χ2v) is 10.8. The molecule has 0 unspecified atom stereocenters. The number of thioether (sulfide) groups is 1. The lowest BCUT2D eigenvalue weighted by Gasteiger charge is -2.09. The van der Waals surface area contributed by atoms with Gasteiger partial charge in [-0.3, -0.25) is 4.79 Å². The van der Waals surface area contributed by atoms with Gasteiger partial charge in [0.1, 0.15) is 5.00 Å². The van der Waals surface area contributed by atoms with Crippen molar-refractivity contribution in [3.05, 3.63) is 32.3 Å². The molecule has 3 heterocycles. The van der Waals surface area contributed by atoms with Gasteiger partial charge in [-0.2, -0.15) is 0 Å². The number of nitrogens with zero attached hydrogens (tertiary/aromatic N) is 3. The molecule has 0 aliphatic heterocycles. The summed E-state index contributed by atoms with van der Waals surface area (Å²) in [4.78, 5) is 27.1. The van der Waals surface area contributed by atoms with Crippen molar-refractivity contribution >= 4 is 51.3 Å². The van der Waals surface area contributed by atoms with Gasteiger partial charge < -0.3 is 14.6 Å². The van der Waals surface area contributed by atoms with Gasteiger partial charge in [-0.05, 0) is 37.8 Å². The molecule has 0 bridgehead atoms. The number of ether oxygens (including phenoxy) is 1. The molecule has 0 aliphatic carbocycles. The second-order valence-electron chi connectivity index (χ2n) is 7.67. The van der Waals surface area contributed by atoms with Gasteiger partial charge in [0.25, 0.3) is 0 Å². The molecular formula is C22H28N4O3S3. The number of amides is 1. The first kappa shape index (κ1) is 24.5. The van der Waals surface area contributed by atoms with E-state index in [-0.39, 0.29) is 11.7 Å². The van der Waals surface area contributed by atoms with E-state index in [9.17, 15) is 9.59 Å². The normalized spacial score (nSPS) is 11.2. The maximum absolute atomic E-state index is 12.7. The maximum Gasteiger partial charge on any atom is 0.341 e. The van der Waals surface area contributed by atoms with Crippen LogP contribution in [0.5, 0.6) is 0 Å². The molecule has 0 saturated carbocycles. The summed E-state index contributed by atoms with van der Waals surface area (Å²) >= 11 is 4.45. The molecule has 0 fully saturated rings. The van der Waals surface area contributed by atoms with E-state index in [1.807, 2.05) is 13.8 Å². The summed E-state index contributed by atoms with van der Waals surface area (Å²) in [6.07, 6.45) is 0.933. The van der Waals surface area contributed by atoms with Crippen LogP contribution in [-0.4, -0.2) is 39.5 Å². The van der Waals surface area contributed by atoms with Crippen molar-refractivity contribution in [3.8, 4) is 11.4 Å². The molecule has 0 atom stereocenters. The molecule has 0 radical (unpaired) electrons. The van der Waals surface area contributed by atoms with E-state index < -0.39 is 5.97 Å². The molecule has 1 amide bonds. The fourth-order valence-electron chi connectivity index (χ4n) is 3.16. The van der Waals surface area contributed by atoms with Crippen LogP contribution in [0.4, 0.5) is 5.00 Å². The van der Waals surface area contributed by atoms with Crippen LogP contribution in [0.15, 0.2) is 16.6 Å². The number of methoxy groups -OCH3 is 1. The van der Waals surface area contributed by atoms with Crippen LogP contribution in [-0.2, 0) is 16.1 Å². The van der Waals surface area contributed by atoms with Gasteiger partial charge in [-0.25, -0.2) is 4.79 Å². The molecule has 0 aromatic carbocycles. The number of hydrogen-bond acceptors (Lipinski definition) is 8. The van der Waals surface area contributed by atoms with E-state index in [4.69, 9.17) is 4.74 Å². The van der Waals surface area contributed by atoms with Gasteiger partial charge in [-0.15, -0.1) is 32.9 Å². The lowest BCUT2D eigenvalue weighted by molar-refractivity contribution is -0.113. The third-order valence-corrected chi connectivity index (χ3v) is 8.29. The minimum atomic E-state index is -0.446. The fraction of sp³-hybridized carbons (Fsp3) is 0.455. The lowest BCUT2D eigenvalue weighted by Crippen LogP contribution is -2.16. The number of carbonyl (C=O) groups excluding carboxylic acids is 2. The highest BCUT2D eigenvalue weighted by molar-refractivity contribution is 7.99. The molecule has 3 rings (SSSR count).